The Morgan fingerprint density at radius 2 is 2.23 bits per heavy atom. The van der Waals surface area contributed by atoms with Gasteiger partial charge in [-0.25, -0.2) is 9.50 Å². The van der Waals surface area contributed by atoms with Crippen LogP contribution in [0, 0.1) is 20.8 Å². The molecular weight excluding hydrogens is 328 g/mol. The molecule has 26 heavy (non-hydrogen) atoms. The fraction of sp³-hybridized carbons (Fsp3) is 0.450. The number of hydrogen-bond donors (Lipinski definition) is 1. The highest BCUT2D eigenvalue weighted by Crippen LogP contribution is 2.30. The number of rotatable bonds is 4. The second kappa shape index (κ2) is 6.59. The van der Waals surface area contributed by atoms with Gasteiger partial charge in [-0.05, 0) is 51.7 Å². The first-order valence-electron chi connectivity index (χ1n) is 9.21. The Balaban J connectivity index is 1.46. The number of aromatic nitrogens is 3. The highest BCUT2D eigenvalue weighted by atomic mass is 16.3. The molecule has 1 amide bonds. The second-order valence-corrected chi connectivity index (χ2v) is 7.13. The molecule has 1 N–H and O–H groups in total. The van der Waals surface area contributed by atoms with Crippen LogP contribution in [0.5, 0.6) is 0 Å². The molecule has 136 valence electrons. The molecule has 3 aromatic rings. The minimum atomic E-state index is 0.0691. The predicted molar refractivity (Wildman–Crippen MR) is 98.0 cm³/mol. The molecular formula is C20H24N4O2. The van der Waals surface area contributed by atoms with Gasteiger partial charge in [0, 0.05) is 35.9 Å². The number of nitrogens with zero attached hydrogens (tertiary/aromatic N) is 3. The fourth-order valence-corrected chi connectivity index (χ4v) is 3.94. The zero-order chi connectivity index (χ0) is 18.3. The van der Waals surface area contributed by atoms with E-state index in [0.29, 0.717) is 12.8 Å². The molecule has 0 bridgehead atoms. The number of fused-ring (bicyclic) bond motifs is 2. The molecule has 3 aromatic heterocycles. The summed E-state index contributed by atoms with van der Waals surface area (Å²) in [6.45, 7) is 6.01. The summed E-state index contributed by atoms with van der Waals surface area (Å²) in [7, 11) is 0. The quantitative estimate of drug-likeness (QED) is 0.781. The Kier molecular flexibility index (Phi) is 4.26. The van der Waals surface area contributed by atoms with E-state index in [1.807, 2.05) is 37.4 Å². The second-order valence-electron chi connectivity index (χ2n) is 7.13. The summed E-state index contributed by atoms with van der Waals surface area (Å²) in [6, 6.07) is 4.02. The van der Waals surface area contributed by atoms with Gasteiger partial charge >= 0.3 is 0 Å². The summed E-state index contributed by atoms with van der Waals surface area (Å²) in [5.41, 5.74) is 6.07. The van der Waals surface area contributed by atoms with Crippen LogP contribution in [-0.2, 0) is 17.6 Å². The van der Waals surface area contributed by atoms with Crippen molar-refractivity contribution < 1.29 is 9.21 Å². The molecule has 0 unspecified atom stereocenters. The standard InChI is InChI=1S/C20H24N4O2/c1-12-11-19-21-13(2)15(14(3)24(19)23-12)7-8-20(25)22-17-5-4-6-18-16(17)9-10-26-18/h9-11,17H,4-8H2,1-3H3,(H,22,25)/t17-/m0/s1. The van der Waals surface area contributed by atoms with Gasteiger partial charge in [-0.1, -0.05) is 0 Å². The number of amides is 1. The van der Waals surface area contributed by atoms with Crippen LogP contribution < -0.4 is 5.32 Å². The molecule has 0 saturated carbocycles. The van der Waals surface area contributed by atoms with Crippen molar-refractivity contribution in [1.29, 1.82) is 0 Å². The average molecular weight is 352 g/mol. The van der Waals surface area contributed by atoms with Crippen molar-refractivity contribution in [2.45, 2.75) is 58.9 Å². The van der Waals surface area contributed by atoms with E-state index in [1.165, 1.54) is 0 Å². The molecule has 1 atom stereocenters. The molecule has 1 aliphatic rings. The Hall–Kier alpha value is -2.63. The number of aryl methyl sites for hydroxylation is 4. The SMILES string of the molecule is Cc1cc2nc(C)c(CCC(=O)N[C@H]3CCCc4occc43)c(C)n2n1. The summed E-state index contributed by atoms with van der Waals surface area (Å²) in [5.74, 6) is 1.08. The topological polar surface area (TPSA) is 72.4 Å². The van der Waals surface area contributed by atoms with Crippen molar-refractivity contribution in [2.24, 2.45) is 0 Å². The van der Waals surface area contributed by atoms with Gasteiger partial charge in [-0.2, -0.15) is 5.10 Å². The van der Waals surface area contributed by atoms with Crippen molar-refractivity contribution in [2.75, 3.05) is 0 Å². The molecule has 4 rings (SSSR count). The Bertz CT molecular complexity index is 970. The third kappa shape index (κ3) is 3.00. The third-order valence-electron chi connectivity index (χ3n) is 5.28. The number of carbonyl (C=O) groups is 1. The zero-order valence-electron chi connectivity index (χ0n) is 15.5. The van der Waals surface area contributed by atoms with Gasteiger partial charge in [-0.3, -0.25) is 4.79 Å². The lowest BCUT2D eigenvalue weighted by Gasteiger charge is -2.22. The Morgan fingerprint density at radius 3 is 3.08 bits per heavy atom. The van der Waals surface area contributed by atoms with Crippen molar-refractivity contribution >= 4 is 11.6 Å². The van der Waals surface area contributed by atoms with Crippen LogP contribution in [0.2, 0.25) is 0 Å². The van der Waals surface area contributed by atoms with Gasteiger partial charge in [0.1, 0.15) is 5.76 Å². The van der Waals surface area contributed by atoms with Crippen molar-refractivity contribution in [3.05, 3.63) is 52.4 Å². The number of carbonyl (C=O) groups excluding carboxylic acids is 1. The lowest BCUT2D eigenvalue weighted by atomic mass is 9.93. The van der Waals surface area contributed by atoms with E-state index >= 15 is 0 Å². The van der Waals surface area contributed by atoms with Crippen molar-refractivity contribution in [3.8, 4) is 0 Å². The van der Waals surface area contributed by atoms with E-state index in [2.05, 4.69) is 15.4 Å². The van der Waals surface area contributed by atoms with Crippen molar-refractivity contribution in [3.63, 3.8) is 0 Å². The Labute approximate surface area is 152 Å². The maximum absolute atomic E-state index is 12.5. The molecule has 0 radical (unpaired) electrons. The summed E-state index contributed by atoms with van der Waals surface area (Å²) in [5, 5.41) is 7.67. The monoisotopic (exact) mass is 352 g/mol. The molecule has 0 saturated heterocycles. The predicted octanol–water partition coefficient (Wildman–Crippen LogP) is 3.37. The number of hydrogen-bond acceptors (Lipinski definition) is 4. The molecule has 6 nitrogen and oxygen atoms in total. The van der Waals surface area contributed by atoms with Gasteiger partial charge < -0.3 is 9.73 Å². The van der Waals surface area contributed by atoms with Gasteiger partial charge in [0.2, 0.25) is 5.91 Å². The van der Waals surface area contributed by atoms with E-state index in [4.69, 9.17) is 4.42 Å². The van der Waals surface area contributed by atoms with E-state index < -0.39 is 0 Å². The van der Waals surface area contributed by atoms with Crippen LogP contribution >= 0.6 is 0 Å². The maximum Gasteiger partial charge on any atom is 0.220 e. The van der Waals surface area contributed by atoms with Crippen LogP contribution in [0.1, 0.15) is 59.3 Å². The molecule has 0 fully saturated rings. The molecule has 0 aliphatic heterocycles. The van der Waals surface area contributed by atoms with Gasteiger partial charge in [0.25, 0.3) is 0 Å². The summed E-state index contributed by atoms with van der Waals surface area (Å²) < 4.78 is 7.37. The average Bonchev–Trinajstić information content (AvgIpc) is 3.21. The first-order chi connectivity index (χ1) is 12.5. The normalized spacial score (nSPS) is 16.7. The minimum absolute atomic E-state index is 0.0691. The van der Waals surface area contributed by atoms with E-state index in [-0.39, 0.29) is 11.9 Å². The molecule has 0 spiro atoms. The van der Waals surface area contributed by atoms with Crippen LogP contribution in [0.4, 0.5) is 0 Å². The summed E-state index contributed by atoms with van der Waals surface area (Å²) in [6.07, 6.45) is 5.80. The summed E-state index contributed by atoms with van der Waals surface area (Å²) in [4.78, 5) is 17.2. The molecule has 6 heteroatoms. The first kappa shape index (κ1) is 16.8. The highest BCUT2D eigenvalue weighted by Gasteiger charge is 2.24. The summed E-state index contributed by atoms with van der Waals surface area (Å²) >= 11 is 0. The lowest BCUT2D eigenvalue weighted by molar-refractivity contribution is -0.121. The number of nitrogens with one attached hydrogen (secondary N) is 1. The van der Waals surface area contributed by atoms with E-state index in [1.54, 1.807) is 6.26 Å². The maximum atomic E-state index is 12.5. The lowest BCUT2D eigenvalue weighted by Crippen LogP contribution is -2.30. The highest BCUT2D eigenvalue weighted by molar-refractivity contribution is 5.77. The molecule has 0 aromatic carbocycles. The van der Waals surface area contributed by atoms with Crippen LogP contribution in [0.15, 0.2) is 22.8 Å². The van der Waals surface area contributed by atoms with E-state index in [0.717, 1.165) is 58.9 Å². The fourth-order valence-electron chi connectivity index (χ4n) is 3.94. The van der Waals surface area contributed by atoms with Gasteiger partial charge in [0.15, 0.2) is 5.65 Å². The van der Waals surface area contributed by atoms with Crippen molar-refractivity contribution in [1.82, 2.24) is 19.9 Å². The van der Waals surface area contributed by atoms with Crippen LogP contribution in [0.25, 0.3) is 5.65 Å². The Morgan fingerprint density at radius 1 is 1.38 bits per heavy atom. The smallest absolute Gasteiger partial charge is 0.220 e. The van der Waals surface area contributed by atoms with Crippen LogP contribution in [-0.4, -0.2) is 20.5 Å². The zero-order valence-corrected chi connectivity index (χ0v) is 15.5. The first-order valence-corrected chi connectivity index (χ1v) is 9.21. The van der Waals surface area contributed by atoms with Gasteiger partial charge in [0.05, 0.1) is 18.0 Å². The largest absolute Gasteiger partial charge is 0.469 e. The minimum Gasteiger partial charge on any atom is -0.469 e. The molecule has 1 aliphatic carbocycles. The third-order valence-corrected chi connectivity index (χ3v) is 5.28. The van der Waals surface area contributed by atoms with Crippen LogP contribution in [0.3, 0.4) is 0 Å². The number of furan rings is 1. The van der Waals surface area contributed by atoms with E-state index in [9.17, 15) is 4.79 Å². The molecule has 3 heterocycles. The van der Waals surface area contributed by atoms with Gasteiger partial charge in [-0.15, -0.1) is 0 Å².